The van der Waals surface area contributed by atoms with E-state index in [1.54, 1.807) is 4.90 Å². The second-order valence-corrected chi connectivity index (χ2v) is 7.22. The molecule has 2 N–H and O–H groups in total. The van der Waals surface area contributed by atoms with Crippen molar-refractivity contribution >= 4 is 33.4 Å². The number of para-hydroxylation sites is 1. The maximum Gasteiger partial charge on any atom is 0.239 e. The van der Waals surface area contributed by atoms with Crippen molar-refractivity contribution in [1.29, 1.82) is 0 Å². The number of rotatable bonds is 3. The van der Waals surface area contributed by atoms with Gasteiger partial charge >= 0.3 is 0 Å². The highest BCUT2D eigenvalue weighted by Crippen LogP contribution is 2.31. The third-order valence-corrected chi connectivity index (χ3v) is 5.45. The Balaban J connectivity index is 1.67. The number of anilines is 1. The van der Waals surface area contributed by atoms with Crippen LogP contribution in [-0.4, -0.2) is 37.5 Å². The van der Waals surface area contributed by atoms with Crippen molar-refractivity contribution in [3.8, 4) is 0 Å². The number of hydrogen-bond donors (Lipinski definition) is 2. The molecule has 2 amide bonds. The summed E-state index contributed by atoms with van der Waals surface area (Å²) in [5.74, 6) is -0.396. The number of carbonyl (C=O) groups excluding carboxylic acids is 2. The van der Waals surface area contributed by atoms with E-state index in [1.165, 1.54) is 0 Å². The number of nitrogens with zero attached hydrogens (tertiary/aromatic N) is 1. The van der Waals surface area contributed by atoms with Crippen LogP contribution in [0.1, 0.15) is 19.8 Å². The first-order valence-electron chi connectivity index (χ1n) is 8.15. The predicted octanol–water partition coefficient (Wildman–Crippen LogP) is 1.92. The Kier molecular flexibility index (Phi) is 5.02. The molecule has 0 saturated carbocycles. The van der Waals surface area contributed by atoms with Crippen LogP contribution in [0.3, 0.4) is 0 Å². The number of benzene rings is 1. The van der Waals surface area contributed by atoms with Gasteiger partial charge in [0.1, 0.15) is 5.92 Å². The molecule has 2 saturated heterocycles. The van der Waals surface area contributed by atoms with Crippen LogP contribution >= 0.6 is 15.9 Å². The average Bonchev–Trinajstić information content (AvgIpc) is 2.92. The molecule has 3 rings (SSSR count). The Hall–Kier alpha value is -1.40. The minimum Gasteiger partial charge on any atom is -0.352 e. The van der Waals surface area contributed by atoms with Crippen LogP contribution in [0.2, 0.25) is 0 Å². The summed E-state index contributed by atoms with van der Waals surface area (Å²) in [6.45, 7) is 4.53. The molecular weight excluding hydrogens is 358 g/mol. The van der Waals surface area contributed by atoms with E-state index in [-0.39, 0.29) is 17.9 Å². The molecule has 6 heteroatoms. The van der Waals surface area contributed by atoms with Crippen molar-refractivity contribution in [2.24, 2.45) is 11.8 Å². The molecule has 0 aromatic heterocycles. The van der Waals surface area contributed by atoms with Crippen LogP contribution in [0.15, 0.2) is 28.7 Å². The molecule has 1 aromatic carbocycles. The normalized spacial score (nSPS) is 28.0. The highest BCUT2D eigenvalue weighted by atomic mass is 79.9. The molecule has 0 bridgehead atoms. The lowest BCUT2D eigenvalue weighted by Crippen LogP contribution is -2.50. The largest absolute Gasteiger partial charge is 0.352 e. The van der Waals surface area contributed by atoms with Gasteiger partial charge < -0.3 is 15.5 Å². The molecule has 2 heterocycles. The molecule has 124 valence electrons. The standard InChI is InChI=1S/C17H22BrN3O2/c1-11-10-19-8-6-14(11)20-16(22)12-7-9-21(17(12)23)15-5-3-2-4-13(15)18/h2-5,11-12,14,19H,6-10H2,1H3,(H,20,22). The Morgan fingerprint density at radius 3 is 2.87 bits per heavy atom. The summed E-state index contributed by atoms with van der Waals surface area (Å²) < 4.78 is 0.876. The lowest BCUT2D eigenvalue weighted by atomic mass is 9.94. The number of amides is 2. The Bertz CT molecular complexity index is 607. The van der Waals surface area contributed by atoms with Gasteiger partial charge in [0.15, 0.2) is 0 Å². The van der Waals surface area contributed by atoms with Gasteiger partial charge in [-0.2, -0.15) is 0 Å². The van der Waals surface area contributed by atoms with E-state index in [2.05, 4.69) is 33.5 Å². The van der Waals surface area contributed by atoms with Crippen LogP contribution in [0.25, 0.3) is 0 Å². The maximum atomic E-state index is 12.7. The van der Waals surface area contributed by atoms with Crippen LogP contribution in [0.5, 0.6) is 0 Å². The van der Waals surface area contributed by atoms with Crippen molar-refractivity contribution in [2.45, 2.75) is 25.8 Å². The lowest BCUT2D eigenvalue weighted by Gasteiger charge is -2.30. The fourth-order valence-electron chi connectivity index (χ4n) is 3.34. The topological polar surface area (TPSA) is 61.4 Å². The molecule has 3 unspecified atom stereocenters. The third kappa shape index (κ3) is 3.43. The molecule has 0 radical (unpaired) electrons. The van der Waals surface area contributed by atoms with Gasteiger partial charge in [-0.25, -0.2) is 0 Å². The van der Waals surface area contributed by atoms with Crippen molar-refractivity contribution in [1.82, 2.24) is 10.6 Å². The smallest absolute Gasteiger partial charge is 0.239 e. The molecule has 1 aromatic rings. The molecule has 0 aliphatic carbocycles. The van der Waals surface area contributed by atoms with Gasteiger partial charge in [-0.1, -0.05) is 19.1 Å². The van der Waals surface area contributed by atoms with Gasteiger partial charge in [0, 0.05) is 17.1 Å². The van der Waals surface area contributed by atoms with E-state index < -0.39 is 5.92 Å². The van der Waals surface area contributed by atoms with Gasteiger partial charge in [0.25, 0.3) is 0 Å². The zero-order valence-electron chi connectivity index (χ0n) is 13.2. The molecular formula is C17H22BrN3O2. The minimum absolute atomic E-state index is 0.101. The lowest BCUT2D eigenvalue weighted by molar-refractivity contribution is -0.132. The van der Waals surface area contributed by atoms with E-state index in [0.717, 1.165) is 29.7 Å². The Morgan fingerprint density at radius 2 is 2.13 bits per heavy atom. The summed E-state index contributed by atoms with van der Waals surface area (Å²) >= 11 is 3.48. The van der Waals surface area contributed by atoms with E-state index in [0.29, 0.717) is 18.9 Å². The molecule has 2 aliphatic rings. The fourth-order valence-corrected chi connectivity index (χ4v) is 3.84. The van der Waals surface area contributed by atoms with E-state index in [9.17, 15) is 9.59 Å². The molecule has 3 atom stereocenters. The molecule has 0 spiro atoms. The molecule has 23 heavy (non-hydrogen) atoms. The van der Waals surface area contributed by atoms with Gasteiger partial charge in [-0.3, -0.25) is 9.59 Å². The van der Waals surface area contributed by atoms with Gasteiger partial charge in [0.05, 0.1) is 5.69 Å². The summed E-state index contributed by atoms with van der Waals surface area (Å²) in [6.07, 6.45) is 1.49. The second-order valence-electron chi connectivity index (χ2n) is 6.37. The fraction of sp³-hybridized carbons (Fsp3) is 0.529. The van der Waals surface area contributed by atoms with Gasteiger partial charge in [0.2, 0.25) is 11.8 Å². The SMILES string of the molecule is CC1CNCCC1NC(=O)C1CCN(c2ccccc2Br)C1=O. The second kappa shape index (κ2) is 7.01. The summed E-state index contributed by atoms with van der Waals surface area (Å²) in [5.41, 5.74) is 0.836. The first kappa shape index (κ1) is 16.5. The summed E-state index contributed by atoms with van der Waals surface area (Å²) in [4.78, 5) is 26.9. The zero-order chi connectivity index (χ0) is 16.4. The van der Waals surface area contributed by atoms with E-state index in [1.807, 2.05) is 24.3 Å². The van der Waals surface area contributed by atoms with Crippen molar-refractivity contribution in [3.05, 3.63) is 28.7 Å². The third-order valence-electron chi connectivity index (χ3n) is 4.78. The Labute approximate surface area is 144 Å². The van der Waals surface area contributed by atoms with Gasteiger partial charge in [-0.05, 0) is 59.9 Å². The summed E-state index contributed by atoms with van der Waals surface area (Å²) in [5, 5.41) is 6.41. The maximum absolute atomic E-state index is 12.7. The van der Waals surface area contributed by atoms with Crippen LogP contribution in [0, 0.1) is 11.8 Å². The van der Waals surface area contributed by atoms with E-state index in [4.69, 9.17) is 0 Å². The monoisotopic (exact) mass is 379 g/mol. The zero-order valence-corrected chi connectivity index (χ0v) is 14.8. The van der Waals surface area contributed by atoms with Crippen molar-refractivity contribution < 1.29 is 9.59 Å². The average molecular weight is 380 g/mol. The molecule has 5 nitrogen and oxygen atoms in total. The first-order chi connectivity index (χ1) is 11.1. The number of halogens is 1. The highest BCUT2D eigenvalue weighted by molar-refractivity contribution is 9.10. The van der Waals surface area contributed by atoms with Crippen LogP contribution < -0.4 is 15.5 Å². The van der Waals surface area contributed by atoms with Crippen molar-refractivity contribution in [2.75, 3.05) is 24.5 Å². The minimum atomic E-state index is -0.566. The number of hydrogen-bond acceptors (Lipinski definition) is 3. The number of piperidine rings is 1. The molecule has 2 aliphatic heterocycles. The van der Waals surface area contributed by atoms with E-state index >= 15 is 0 Å². The quantitative estimate of drug-likeness (QED) is 0.788. The number of nitrogens with one attached hydrogen (secondary N) is 2. The Morgan fingerprint density at radius 1 is 1.35 bits per heavy atom. The predicted molar refractivity (Wildman–Crippen MR) is 93.2 cm³/mol. The van der Waals surface area contributed by atoms with Gasteiger partial charge in [-0.15, -0.1) is 0 Å². The van der Waals surface area contributed by atoms with Crippen molar-refractivity contribution in [3.63, 3.8) is 0 Å². The first-order valence-corrected chi connectivity index (χ1v) is 8.94. The van der Waals surface area contributed by atoms with Crippen LogP contribution in [0.4, 0.5) is 5.69 Å². The summed E-state index contributed by atoms with van der Waals surface area (Å²) in [6, 6.07) is 7.78. The van der Waals surface area contributed by atoms with Crippen LogP contribution in [-0.2, 0) is 9.59 Å². The number of carbonyl (C=O) groups is 2. The highest BCUT2D eigenvalue weighted by Gasteiger charge is 2.39. The molecule has 2 fully saturated rings. The summed E-state index contributed by atoms with van der Waals surface area (Å²) in [7, 11) is 0.